The molecule has 0 aliphatic carbocycles. The van der Waals surface area contributed by atoms with Crippen molar-refractivity contribution in [3.05, 3.63) is 58.9 Å². The minimum Gasteiger partial charge on any atom is -0.497 e. The predicted molar refractivity (Wildman–Crippen MR) is 108 cm³/mol. The second-order valence-corrected chi connectivity index (χ2v) is 6.74. The molecule has 0 saturated carbocycles. The van der Waals surface area contributed by atoms with Gasteiger partial charge in [0.25, 0.3) is 0 Å². The fourth-order valence-electron chi connectivity index (χ4n) is 3.56. The number of nitrogens with zero attached hydrogens (tertiary/aromatic N) is 1. The van der Waals surface area contributed by atoms with E-state index in [-0.39, 0.29) is 0 Å². The van der Waals surface area contributed by atoms with Crippen LogP contribution in [0.4, 0.5) is 17.3 Å². The van der Waals surface area contributed by atoms with E-state index in [9.17, 15) is 17.3 Å². The van der Waals surface area contributed by atoms with E-state index in [1.54, 1.807) is 14.2 Å². The smallest absolute Gasteiger partial charge is 0.497 e. The van der Waals surface area contributed by atoms with Gasteiger partial charge in [0.2, 0.25) is 5.69 Å². The topological polar surface area (TPSA) is 22.3 Å². The van der Waals surface area contributed by atoms with Crippen LogP contribution < -0.4 is 14.0 Å². The Morgan fingerprint density at radius 3 is 1.86 bits per heavy atom. The quantitative estimate of drug-likeness (QED) is 0.316. The van der Waals surface area contributed by atoms with Crippen LogP contribution in [0.1, 0.15) is 22.5 Å². The lowest BCUT2D eigenvalue weighted by molar-refractivity contribution is -0.608. The van der Waals surface area contributed by atoms with Crippen LogP contribution in [0.15, 0.2) is 36.4 Å². The van der Waals surface area contributed by atoms with Crippen LogP contribution in [0.5, 0.6) is 11.5 Å². The van der Waals surface area contributed by atoms with Crippen molar-refractivity contribution in [1.82, 2.24) is 0 Å². The molecule has 0 unspecified atom stereocenters. The first-order valence-electron chi connectivity index (χ1n) is 8.99. The Bertz CT molecular complexity index is 1010. The number of para-hydroxylation sites is 1. The summed E-state index contributed by atoms with van der Waals surface area (Å²) in [6.45, 7) is 8.60. The summed E-state index contributed by atoms with van der Waals surface area (Å²) in [5.74, 6) is 1.64. The van der Waals surface area contributed by atoms with E-state index < -0.39 is 7.25 Å². The standard InChI is InChI=1S/C21H24NO2.BF4/c1-13-8-7-9-14(2)21(13)22-15(3)10-17-11-18(23-5)12-19(24-6)20(17)16(22)4;2-1(3,4)5/h7-12H,1-6H3;/q+1;-1. The zero-order valence-electron chi connectivity index (χ0n) is 17.3. The molecule has 0 bridgehead atoms. The molecule has 2 aromatic carbocycles. The van der Waals surface area contributed by atoms with Gasteiger partial charge in [0.05, 0.1) is 19.6 Å². The van der Waals surface area contributed by atoms with Gasteiger partial charge in [-0.25, -0.2) is 0 Å². The number of hydrogen-bond acceptors (Lipinski definition) is 2. The molecule has 0 atom stereocenters. The first-order chi connectivity index (χ1) is 13.5. The molecule has 0 saturated heterocycles. The summed E-state index contributed by atoms with van der Waals surface area (Å²) in [5.41, 5.74) is 6.12. The average molecular weight is 409 g/mol. The zero-order valence-corrected chi connectivity index (χ0v) is 17.3. The largest absolute Gasteiger partial charge is 0.673 e. The zero-order chi connectivity index (χ0) is 21.9. The van der Waals surface area contributed by atoms with Gasteiger partial charge in [-0.15, -0.1) is 0 Å². The Labute approximate surface area is 168 Å². The predicted octanol–water partition coefficient (Wildman–Crippen LogP) is 5.67. The van der Waals surface area contributed by atoms with E-state index in [0.29, 0.717) is 0 Å². The monoisotopic (exact) mass is 409 g/mol. The van der Waals surface area contributed by atoms with Crippen LogP contribution in [0.3, 0.4) is 0 Å². The molecular weight excluding hydrogens is 385 g/mol. The van der Waals surface area contributed by atoms with Crippen molar-refractivity contribution in [3.63, 3.8) is 0 Å². The van der Waals surface area contributed by atoms with Gasteiger partial charge in [-0.3, -0.25) is 0 Å². The minimum absolute atomic E-state index is 0.808. The Balaban J connectivity index is 0.000000537. The summed E-state index contributed by atoms with van der Waals surface area (Å²) >= 11 is 0. The summed E-state index contributed by atoms with van der Waals surface area (Å²) in [5, 5.41) is 2.25. The number of aryl methyl sites for hydroxylation is 4. The van der Waals surface area contributed by atoms with E-state index in [1.807, 2.05) is 6.07 Å². The summed E-state index contributed by atoms with van der Waals surface area (Å²) in [6, 6.07) is 12.6. The first-order valence-corrected chi connectivity index (χ1v) is 8.99. The van der Waals surface area contributed by atoms with Crippen molar-refractivity contribution in [2.24, 2.45) is 0 Å². The molecule has 0 fully saturated rings. The molecular formula is C21H24BF4NO2. The highest BCUT2D eigenvalue weighted by Crippen LogP contribution is 2.33. The van der Waals surface area contributed by atoms with Crippen LogP contribution in [-0.4, -0.2) is 21.5 Å². The van der Waals surface area contributed by atoms with Crippen LogP contribution >= 0.6 is 0 Å². The number of fused-ring (bicyclic) bond motifs is 1. The number of rotatable bonds is 3. The van der Waals surface area contributed by atoms with Crippen LogP contribution in [-0.2, 0) is 0 Å². The Morgan fingerprint density at radius 1 is 0.828 bits per heavy atom. The van der Waals surface area contributed by atoms with Crippen LogP contribution in [0.2, 0.25) is 0 Å². The first kappa shape index (κ1) is 22.5. The van der Waals surface area contributed by atoms with E-state index in [1.165, 1.54) is 28.2 Å². The summed E-state index contributed by atoms with van der Waals surface area (Å²) in [4.78, 5) is 0. The molecule has 1 aromatic heterocycles. The minimum atomic E-state index is -6.00. The molecule has 0 spiro atoms. The lowest BCUT2D eigenvalue weighted by Crippen LogP contribution is -2.39. The van der Waals surface area contributed by atoms with Crippen molar-refractivity contribution in [2.75, 3.05) is 14.2 Å². The average Bonchev–Trinajstić information content (AvgIpc) is 2.61. The Morgan fingerprint density at radius 2 is 1.38 bits per heavy atom. The molecule has 8 heteroatoms. The van der Waals surface area contributed by atoms with Gasteiger partial charge in [0.1, 0.15) is 11.5 Å². The molecule has 3 rings (SSSR count). The molecule has 3 aromatic rings. The highest BCUT2D eigenvalue weighted by molar-refractivity contribution is 6.50. The SMILES string of the molecule is COc1cc(OC)c2c(C)[n+](-c3c(C)cccc3C)c(C)cc2c1.F[B-](F)(F)F. The lowest BCUT2D eigenvalue weighted by Gasteiger charge is -2.14. The maximum atomic E-state index is 9.75. The maximum absolute atomic E-state index is 9.75. The highest BCUT2D eigenvalue weighted by atomic mass is 19.5. The van der Waals surface area contributed by atoms with Gasteiger partial charge in [-0.05, 0) is 19.9 Å². The highest BCUT2D eigenvalue weighted by Gasteiger charge is 2.24. The normalized spacial score (nSPS) is 11.1. The number of pyridine rings is 1. The van der Waals surface area contributed by atoms with Crippen molar-refractivity contribution in [2.45, 2.75) is 27.7 Å². The lowest BCUT2D eigenvalue weighted by atomic mass is 10.0. The number of aromatic nitrogens is 1. The number of halogens is 4. The van der Waals surface area contributed by atoms with Crippen molar-refractivity contribution in [1.29, 1.82) is 0 Å². The van der Waals surface area contributed by atoms with Crippen molar-refractivity contribution in [3.8, 4) is 17.2 Å². The third-order valence-corrected chi connectivity index (χ3v) is 4.64. The number of methoxy groups -OCH3 is 2. The van der Waals surface area contributed by atoms with Gasteiger partial charge < -0.3 is 26.7 Å². The van der Waals surface area contributed by atoms with Gasteiger partial charge in [-0.1, -0.05) is 18.2 Å². The third kappa shape index (κ3) is 5.19. The molecule has 156 valence electrons. The number of benzene rings is 2. The van der Waals surface area contributed by atoms with Crippen LogP contribution in [0.25, 0.3) is 16.5 Å². The molecule has 0 aliphatic rings. The molecule has 1 heterocycles. The molecule has 0 aliphatic heterocycles. The van der Waals surface area contributed by atoms with E-state index in [0.717, 1.165) is 22.3 Å². The summed E-state index contributed by atoms with van der Waals surface area (Å²) in [7, 11) is -2.61. The molecule has 0 radical (unpaired) electrons. The maximum Gasteiger partial charge on any atom is 0.673 e. The van der Waals surface area contributed by atoms with Gasteiger partial charge >= 0.3 is 7.25 Å². The second-order valence-electron chi connectivity index (χ2n) is 6.74. The number of hydrogen-bond donors (Lipinski definition) is 0. The summed E-state index contributed by atoms with van der Waals surface area (Å²) in [6.07, 6.45) is 0. The van der Waals surface area contributed by atoms with E-state index >= 15 is 0 Å². The third-order valence-electron chi connectivity index (χ3n) is 4.64. The summed E-state index contributed by atoms with van der Waals surface area (Å²) < 4.78 is 52.4. The molecule has 29 heavy (non-hydrogen) atoms. The molecule has 0 amide bonds. The van der Waals surface area contributed by atoms with Gasteiger partial charge in [-0.2, -0.15) is 4.57 Å². The second kappa shape index (κ2) is 8.72. The van der Waals surface area contributed by atoms with E-state index in [4.69, 9.17) is 9.47 Å². The van der Waals surface area contributed by atoms with Crippen LogP contribution in [0, 0.1) is 27.7 Å². The Kier molecular flexibility index (Phi) is 6.77. The number of ether oxygens (including phenoxy) is 2. The van der Waals surface area contributed by atoms with Crippen molar-refractivity contribution < 1.29 is 31.3 Å². The molecule has 3 nitrogen and oxygen atoms in total. The van der Waals surface area contributed by atoms with Gasteiger partial charge in [0.15, 0.2) is 11.4 Å². The van der Waals surface area contributed by atoms with Gasteiger partial charge in [0, 0.05) is 42.5 Å². The molecule has 0 N–H and O–H groups in total. The van der Waals surface area contributed by atoms with Crippen molar-refractivity contribution >= 4 is 18.0 Å². The Hall–Kier alpha value is -2.77. The fraction of sp³-hybridized carbons (Fsp3) is 0.286. The fourth-order valence-corrected chi connectivity index (χ4v) is 3.56. The van der Waals surface area contributed by atoms with E-state index in [2.05, 4.69) is 62.6 Å².